The van der Waals surface area contributed by atoms with E-state index in [1.807, 2.05) is 0 Å². The molecule has 12 heavy (non-hydrogen) atoms. The van der Waals surface area contributed by atoms with Gasteiger partial charge < -0.3 is 11.5 Å². The van der Waals surface area contributed by atoms with Gasteiger partial charge in [0.15, 0.2) is 0 Å². The second kappa shape index (κ2) is 2.05. The lowest BCUT2D eigenvalue weighted by Crippen LogP contribution is -2.51. The summed E-state index contributed by atoms with van der Waals surface area (Å²) in [6.45, 7) is 0. The van der Waals surface area contributed by atoms with Crippen molar-refractivity contribution in [1.82, 2.24) is 0 Å². The van der Waals surface area contributed by atoms with Gasteiger partial charge in [-0.15, -0.1) is 0 Å². The van der Waals surface area contributed by atoms with E-state index in [1.54, 1.807) is 0 Å². The molecule has 4 rings (SSSR count). The van der Waals surface area contributed by atoms with E-state index >= 15 is 0 Å². The normalized spacial score (nSPS) is 62.5. The van der Waals surface area contributed by atoms with Gasteiger partial charge in [0.25, 0.3) is 0 Å². The Hall–Kier alpha value is -0.0800. The molecule has 4 bridgehead atoms. The van der Waals surface area contributed by atoms with Crippen molar-refractivity contribution in [1.29, 1.82) is 0 Å². The summed E-state index contributed by atoms with van der Waals surface area (Å²) in [6.07, 6.45) is 6.41. The third-order valence-corrected chi connectivity index (χ3v) is 4.70. The SMILES string of the molecule is N[C@@H]1C2CC(C2)C2(N)CCC1C2. The molecule has 4 fully saturated rings. The van der Waals surface area contributed by atoms with Crippen LogP contribution in [0.25, 0.3) is 0 Å². The molecule has 0 aromatic rings. The summed E-state index contributed by atoms with van der Waals surface area (Å²) >= 11 is 0. The van der Waals surface area contributed by atoms with Crippen LogP contribution < -0.4 is 11.5 Å². The Bertz CT molecular complexity index is 210. The maximum atomic E-state index is 6.39. The van der Waals surface area contributed by atoms with Crippen LogP contribution in [-0.4, -0.2) is 11.6 Å². The van der Waals surface area contributed by atoms with Crippen LogP contribution in [0.3, 0.4) is 0 Å². The summed E-state index contributed by atoms with van der Waals surface area (Å²) in [7, 11) is 0. The van der Waals surface area contributed by atoms with Crippen LogP contribution in [-0.2, 0) is 0 Å². The molecule has 0 aromatic carbocycles. The first kappa shape index (κ1) is 7.34. The van der Waals surface area contributed by atoms with Crippen molar-refractivity contribution in [2.24, 2.45) is 29.2 Å². The predicted octanol–water partition coefficient (Wildman–Crippen LogP) is 0.851. The summed E-state index contributed by atoms with van der Waals surface area (Å²) in [5, 5.41) is 0. The van der Waals surface area contributed by atoms with E-state index in [9.17, 15) is 0 Å². The van der Waals surface area contributed by atoms with Gasteiger partial charge in [0.1, 0.15) is 0 Å². The second-order valence-corrected chi connectivity index (χ2v) is 5.24. The highest BCUT2D eigenvalue weighted by molar-refractivity contribution is 5.11. The number of hydrogen-bond donors (Lipinski definition) is 2. The monoisotopic (exact) mass is 166 g/mol. The minimum atomic E-state index is 0.204. The minimum absolute atomic E-state index is 0.204. The molecule has 4 N–H and O–H groups in total. The van der Waals surface area contributed by atoms with E-state index in [2.05, 4.69) is 0 Å². The zero-order chi connectivity index (χ0) is 8.34. The summed E-state index contributed by atoms with van der Waals surface area (Å²) in [5.74, 6) is 2.40. The highest BCUT2D eigenvalue weighted by Gasteiger charge is 2.54. The van der Waals surface area contributed by atoms with Gasteiger partial charge >= 0.3 is 0 Å². The second-order valence-electron chi connectivity index (χ2n) is 5.24. The van der Waals surface area contributed by atoms with Crippen LogP contribution in [0, 0.1) is 17.8 Å². The smallest absolute Gasteiger partial charge is 0.0186 e. The number of nitrogens with two attached hydrogens (primary N) is 2. The summed E-state index contributed by atoms with van der Waals surface area (Å²) in [4.78, 5) is 0. The standard InChI is InChI=1S/C10H18N2/c11-9-6-1-2-10(12,5-6)8-3-7(9)4-8/h6-9H,1-5,11-12H2/t6?,7?,8?,9-,10?/m0/s1. The van der Waals surface area contributed by atoms with Gasteiger partial charge in [-0.1, -0.05) is 0 Å². The Labute approximate surface area is 73.7 Å². The highest BCUT2D eigenvalue weighted by atomic mass is 14.9. The van der Waals surface area contributed by atoms with Crippen LogP contribution in [0.1, 0.15) is 32.1 Å². The maximum absolute atomic E-state index is 6.39. The largest absolute Gasteiger partial charge is 0.327 e. The molecule has 0 spiro atoms. The van der Waals surface area contributed by atoms with E-state index in [0.717, 1.165) is 17.8 Å². The first-order valence-corrected chi connectivity index (χ1v) is 5.23. The fourth-order valence-electron chi connectivity index (χ4n) is 3.68. The van der Waals surface area contributed by atoms with Gasteiger partial charge in [-0.25, -0.2) is 0 Å². The minimum Gasteiger partial charge on any atom is -0.327 e. The summed E-state index contributed by atoms with van der Waals surface area (Å²) < 4.78 is 0. The van der Waals surface area contributed by atoms with Gasteiger partial charge in [0.05, 0.1) is 0 Å². The molecule has 0 heterocycles. The molecule has 2 unspecified atom stereocenters. The van der Waals surface area contributed by atoms with Crippen LogP contribution >= 0.6 is 0 Å². The molecule has 68 valence electrons. The molecule has 4 aliphatic carbocycles. The lowest BCUT2D eigenvalue weighted by molar-refractivity contribution is 0.0961. The van der Waals surface area contributed by atoms with Gasteiger partial charge in [-0.05, 0) is 49.9 Å². The molecule has 4 aliphatic rings. The van der Waals surface area contributed by atoms with Crippen LogP contribution in [0.2, 0.25) is 0 Å². The summed E-state index contributed by atoms with van der Waals surface area (Å²) in [6, 6.07) is 0.481. The molecule has 4 saturated carbocycles. The Kier molecular flexibility index (Phi) is 1.25. The number of hydrogen-bond acceptors (Lipinski definition) is 2. The van der Waals surface area contributed by atoms with Gasteiger partial charge in [0.2, 0.25) is 0 Å². The van der Waals surface area contributed by atoms with Crippen molar-refractivity contribution in [2.75, 3.05) is 0 Å². The van der Waals surface area contributed by atoms with Gasteiger partial charge in [0, 0.05) is 11.6 Å². The van der Waals surface area contributed by atoms with Gasteiger partial charge in [-0.3, -0.25) is 0 Å². The molecular formula is C10H18N2. The fraction of sp³-hybridized carbons (Fsp3) is 1.00. The molecule has 0 aliphatic heterocycles. The molecule has 0 radical (unpaired) electrons. The Morgan fingerprint density at radius 3 is 2.67 bits per heavy atom. The lowest BCUT2D eigenvalue weighted by Gasteiger charge is -2.45. The van der Waals surface area contributed by atoms with Crippen molar-refractivity contribution in [3.63, 3.8) is 0 Å². The molecule has 0 aromatic heterocycles. The average Bonchev–Trinajstić information content (AvgIpc) is 2.20. The summed E-state index contributed by atoms with van der Waals surface area (Å²) in [5.41, 5.74) is 12.8. The Morgan fingerprint density at radius 1 is 1.17 bits per heavy atom. The van der Waals surface area contributed by atoms with Crippen LogP contribution in [0.15, 0.2) is 0 Å². The van der Waals surface area contributed by atoms with Crippen molar-refractivity contribution in [3.8, 4) is 0 Å². The Balaban J connectivity index is 1.95. The van der Waals surface area contributed by atoms with E-state index in [4.69, 9.17) is 11.5 Å². The van der Waals surface area contributed by atoms with E-state index < -0.39 is 0 Å². The maximum Gasteiger partial charge on any atom is 0.0186 e. The predicted molar refractivity (Wildman–Crippen MR) is 48.4 cm³/mol. The quantitative estimate of drug-likeness (QED) is 0.560. The third kappa shape index (κ3) is 0.728. The molecule has 2 nitrogen and oxygen atoms in total. The van der Waals surface area contributed by atoms with E-state index in [0.29, 0.717) is 6.04 Å². The fourth-order valence-corrected chi connectivity index (χ4v) is 3.68. The molecule has 3 atom stereocenters. The van der Waals surface area contributed by atoms with Crippen molar-refractivity contribution in [3.05, 3.63) is 0 Å². The van der Waals surface area contributed by atoms with Crippen molar-refractivity contribution in [2.45, 2.75) is 43.7 Å². The highest BCUT2D eigenvalue weighted by Crippen LogP contribution is 2.55. The van der Waals surface area contributed by atoms with Crippen LogP contribution in [0.4, 0.5) is 0 Å². The zero-order valence-electron chi connectivity index (χ0n) is 7.50. The molecule has 0 amide bonds. The van der Waals surface area contributed by atoms with E-state index in [1.165, 1.54) is 32.1 Å². The average molecular weight is 166 g/mol. The Morgan fingerprint density at radius 2 is 1.92 bits per heavy atom. The van der Waals surface area contributed by atoms with Gasteiger partial charge in [-0.2, -0.15) is 0 Å². The topological polar surface area (TPSA) is 52.0 Å². The van der Waals surface area contributed by atoms with Crippen LogP contribution in [0.5, 0.6) is 0 Å². The third-order valence-electron chi connectivity index (χ3n) is 4.70. The molecule has 0 saturated heterocycles. The van der Waals surface area contributed by atoms with Crippen molar-refractivity contribution >= 4 is 0 Å². The zero-order valence-corrected chi connectivity index (χ0v) is 7.50. The lowest BCUT2D eigenvalue weighted by atomic mass is 9.64. The first-order chi connectivity index (χ1) is 5.69. The van der Waals surface area contributed by atoms with E-state index in [-0.39, 0.29) is 5.54 Å². The number of rotatable bonds is 0. The molecule has 2 heteroatoms. The van der Waals surface area contributed by atoms with Crippen molar-refractivity contribution < 1.29 is 0 Å². The molecular weight excluding hydrogens is 148 g/mol. The first-order valence-electron chi connectivity index (χ1n) is 5.23.